The normalized spacial score (nSPS) is 13.7. The molecule has 0 bridgehead atoms. The number of benzene rings is 2. The van der Waals surface area contributed by atoms with Crippen molar-refractivity contribution in [3.05, 3.63) is 75.0 Å². The predicted octanol–water partition coefficient (Wildman–Crippen LogP) is 6.66. The fraction of sp³-hybridized carbons (Fsp3) is 0.167. The summed E-state index contributed by atoms with van der Waals surface area (Å²) >= 11 is 2.97. The van der Waals surface area contributed by atoms with E-state index in [0.29, 0.717) is 12.1 Å². The second-order valence-electron chi connectivity index (χ2n) is 5.69. The van der Waals surface area contributed by atoms with Gasteiger partial charge < -0.3 is 5.11 Å². The Labute approximate surface area is 162 Å². The van der Waals surface area contributed by atoms with Crippen molar-refractivity contribution in [3.8, 4) is 0 Å². The average molecular weight is 471 g/mol. The number of halogens is 8. The molecule has 0 heterocycles. The number of alkyl halides is 6. The average Bonchev–Trinajstić information content (AvgIpc) is 2.52. The first kappa shape index (κ1) is 21.9. The molecule has 1 atom stereocenters. The van der Waals surface area contributed by atoms with Crippen LogP contribution in [0, 0.1) is 5.82 Å². The Morgan fingerprint density at radius 3 is 2.18 bits per heavy atom. The zero-order valence-electron chi connectivity index (χ0n) is 13.6. The molecule has 1 unspecified atom stereocenters. The van der Waals surface area contributed by atoms with E-state index >= 15 is 0 Å². The molecule has 0 aliphatic carbocycles. The molecular formula is C18H10BrF7O2. The summed E-state index contributed by atoms with van der Waals surface area (Å²) in [5, 5.41) is 8.92. The second kappa shape index (κ2) is 7.94. The van der Waals surface area contributed by atoms with Gasteiger partial charge in [0.2, 0.25) is 0 Å². The highest BCUT2D eigenvalue weighted by Crippen LogP contribution is 2.39. The van der Waals surface area contributed by atoms with Crippen molar-refractivity contribution in [3.63, 3.8) is 0 Å². The molecule has 2 aromatic carbocycles. The molecule has 0 radical (unpaired) electrons. The van der Waals surface area contributed by atoms with Gasteiger partial charge in [-0.15, -0.1) is 0 Å². The maximum atomic E-state index is 13.5. The minimum Gasteiger partial charge on any atom is -0.478 e. The van der Waals surface area contributed by atoms with Crippen molar-refractivity contribution in [1.29, 1.82) is 0 Å². The Hall–Kier alpha value is -2.36. The number of hydrogen-bond acceptors (Lipinski definition) is 1. The van der Waals surface area contributed by atoms with E-state index in [9.17, 15) is 35.5 Å². The van der Waals surface area contributed by atoms with Crippen molar-refractivity contribution >= 4 is 28.0 Å². The number of hydrogen-bond donors (Lipinski definition) is 1. The zero-order valence-corrected chi connectivity index (χ0v) is 15.2. The van der Waals surface area contributed by atoms with Crippen LogP contribution in [0.2, 0.25) is 0 Å². The van der Waals surface area contributed by atoms with Crippen molar-refractivity contribution in [2.75, 3.05) is 0 Å². The number of carboxylic acids is 1. The highest BCUT2D eigenvalue weighted by molar-refractivity contribution is 9.10. The van der Waals surface area contributed by atoms with E-state index in [0.717, 1.165) is 12.1 Å². The fourth-order valence-corrected chi connectivity index (χ4v) is 2.95. The third-order valence-corrected chi connectivity index (χ3v) is 4.32. The molecule has 150 valence electrons. The molecule has 0 saturated heterocycles. The van der Waals surface area contributed by atoms with Crippen LogP contribution in [0.15, 0.2) is 46.9 Å². The van der Waals surface area contributed by atoms with Crippen LogP contribution in [0.25, 0.3) is 6.08 Å². The third-order valence-electron chi connectivity index (χ3n) is 3.66. The van der Waals surface area contributed by atoms with Gasteiger partial charge in [0.15, 0.2) is 0 Å². The van der Waals surface area contributed by atoms with E-state index < -0.39 is 41.2 Å². The highest BCUT2D eigenvalue weighted by atomic mass is 79.9. The van der Waals surface area contributed by atoms with Gasteiger partial charge in [-0.2, -0.15) is 26.3 Å². The molecule has 2 aromatic rings. The SMILES string of the molecule is O=C(O)c1ccc(/C=C/C(c2cc(F)cc(C(F)(F)F)c2)C(F)(F)F)cc1Br. The highest BCUT2D eigenvalue weighted by Gasteiger charge is 2.40. The van der Waals surface area contributed by atoms with Crippen LogP contribution in [-0.4, -0.2) is 17.3 Å². The van der Waals surface area contributed by atoms with Gasteiger partial charge in [0.25, 0.3) is 0 Å². The van der Waals surface area contributed by atoms with E-state index in [2.05, 4.69) is 15.9 Å². The molecule has 2 nitrogen and oxygen atoms in total. The van der Waals surface area contributed by atoms with Gasteiger partial charge in [-0.1, -0.05) is 18.2 Å². The Balaban J connectivity index is 2.47. The van der Waals surface area contributed by atoms with Gasteiger partial charge in [-0.05, 0) is 57.4 Å². The second-order valence-corrected chi connectivity index (χ2v) is 6.55. The van der Waals surface area contributed by atoms with Crippen LogP contribution in [0.3, 0.4) is 0 Å². The molecular weight excluding hydrogens is 461 g/mol. The first-order chi connectivity index (χ1) is 12.8. The van der Waals surface area contributed by atoms with Crippen molar-refractivity contribution in [1.82, 2.24) is 0 Å². The Kier molecular flexibility index (Phi) is 6.22. The van der Waals surface area contributed by atoms with Gasteiger partial charge in [0.05, 0.1) is 17.0 Å². The van der Waals surface area contributed by atoms with Crippen LogP contribution >= 0.6 is 15.9 Å². The molecule has 0 saturated carbocycles. The summed E-state index contributed by atoms with van der Waals surface area (Å²) in [7, 11) is 0. The van der Waals surface area contributed by atoms with Crippen molar-refractivity contribution in [2.45, 2.75) is 18.3 Å². The van der Waals surface area contributed by atoms with Crippen LogP contribution in [0.4, 0.5) is 30.7 Å². The van der Waals surface area contributed by atoms with Gasteiger partial charge in [0, 0.05) is 4.47 Å². The van der Waals surface area contributed by atoms with E-state index in [1.54, 1.807) is 0 Å². The lowest BCUT2D eigenvalue weighted by Gasteiger charge is -2.19. The molecule has 10 heteroatoms. The minimum absolute atomic E-state index is 0.107. The predicted molar refractivity (Wildman–Crippen MR) is 90.3 cm³/mol. The first-order valence-electron chi connectivity index (χ1n) is 7.44. The van der Waals surface area contributed by atoms with Crippen LogP contribution in [0.5, 0.6) is 0 Å². The molecule has 0 aliphatic rings. The molecule has 0 fully saturated rings. The summed E-state index contributed by atoms with van der Waals surface area (Å²) < 4.78 is 92.1. The summed E-state index contributed by atoms with van der Waals surface area (Å²) in [5.74, 6) is -5.20. The van der Waals surface area contributed by atoms with Crippen molar-refractivity contribution < 1.29 is 40.6 Å². The summed E-state index contributed by atoms with van der Waals surface area (Å²) in [6.45, 7) is 0. The monoisotopic (exact) mass is 470 g/mol. The number of carboxylic acid groups (broad SMARTS) is 1. The zero-order chi connectivity index (χ0) is 21.3. The van der Waals surface area contributed by atoms with Crippen LogP contribution in [-0.2, 0) is 6.18 Å². The van der Waals surface area contributed by atoms with E-state index in [1.807, 2.05) is 0 Å². The standard InChI is InChI=1S/C18H10BrF7O2/c19-15-5-9(1-3-13(15)16(27)28)2-4-14(18(24,25)26)10-6-11(17(21,22)23)8-12(20)7-10/h1-8,14H,(H,27,28)/b4-2+. The van der Waals surface area contributed by atoms with Gasteiger partial charge in [0.1, 0.15) is 5.82 Å². The van der Waals surface area contributed by atoms with Crippen LogP contribution in [0.1, 0.15) is 33.0 Å². The molecule has 28 heavy (non-hydrogen) atoms. The number of allylic oxidation sites excluding steroid dienone is 1. The number of rotatable bonds is 4. The lowest BCUT2D eigenvalue weighted by Crippen LogP contribution is -2.20. The van der Waals surface area contributed by atoms with E-state index in [4.69, 9.17) is 5.11 Å². The molecule has 0 spiro atoms. The molecule has 2 rings (SSSR count). The largest absolute Gasteiger partial charge is 0.478 e. The van der Waals surface area contributed by atoms with Gasteiger partial charge in [-0.3, -0.25) is 0 Å². The lowest BCUT2D eigenvalue weighted by atomic mass is 9.95. The Morgan fingerprint density at radius 1 is 1.04 bits per heavy atom. The van der Waals surface area contributed by atoms with Crippen LogP contribution < -0.4 is 0 Å². The summed E-state index contributed by atoms with van der Waals surface area (Å²) in [6.07, 6.45) is -8.44. The summed E-state index contributed by atoms with van der Waals surface area (Å²) in [6, 6.07) is 4.36. The Bertz CT molecular complexity index is 917. The van der Waals surface area contributed by atoms with Gasteiger partial charge >= 0.3 is 18.3 Å². The molecule has 0 aromatic heterocycles. The molecule has 1 N–H and O–H groups in total. The first-order valence-corrected chi connectivity index (χ1v) is 8.24. The van der Waals surface area contributed by atoms with E-state index in [-0.39, 0.29) is 27.7 Å². The minimum atomic E-state index is -5.01. The molecule has 0 aliphatic heterocycles. The maximum absolute atomic E-state index is 13.5. The van der Waals surface area contributed by atoms with Crippen molar-refractivity contribution in [2.24, 2.45) is 0 Å². The topological polar surface area (TPSA) is 37.3 Å². The quantitative estimate of drug-likeness (QED) is 0.507. The fourth-order valence-electron chi connectivity index (χ4n) is 2.38. The maximum Gasteiger partial charge on any atom is 0.416 e. The lowest BCUT2D eigenvalue weighted by molar-refractivity contribution is -0.142. The van der Waals surface area contributed by atoms with Gasteiger partial charge in [-0.25, -0.2) is 9.18 Å². The molecule has 0 amide bonds. The Morgan fingerprint density at radius 2 is 1.68 bits per heavy atom. The summed E-state index contributed by atoms with van der Waals surface area (Å²) in [5.41, 5.74) is -2.39. The van der Waals surface area contributed by atoms with E-state index in [1.165, 1.54) is 12.1 Å². The number of carbonyl (C=O) groups is 1. The third kappa shape index (κ3) is 5.34. The summed E-state index contributed by atoms with van der Waals surface area (Å²) in [4.78, 5) is 10.9. The number of aromatic carboxylic acids is 1. The smallest absolute Gasteiger partial charge is 0.416 e.